The highest BCUT2D eigenvalue weighted by Crippen LogP contribution is 2.26. The van der Waals surface area contributed by atoms with Crippen molar-refractivity contribution in [2.75, 3.05) is 37.3 Å². The van der Waals surface area contributed by atoms with Gasteiger partial charge in [-0.05, 0) is 32.0 Å². The average molecular weight is 448 g/mol. The summed E-state index contributed by atoms with van der Waals surface area (Å²) in [7, 11) is -3.47. The molecule has 166 valence electrons. The molecule has 1 aromatic carbocycles. The summed E-state index contributed by atoms with van der Waals surface area (Å²) in [6, 6.07) is 4.34. The predicted octanol–water partition coefficient (Wildman–Crippen LogP) is 0.729. The number of nitrogens with two attached hydrogens (primary N) is 1. The molecule has 10 nitrogen and oxygen atoms in total. The van der Waals surface area contributed by atoms with Crippen LogP contribution in [0, 0.1) is 0 Å². The van der Waals surface area contributed by atoms with Crippen molar-refractivity contribution in [1.82, 2.24) is 14.9 Å². The van der Waals surface area contributed by atoms with Crippen LogP contribution in [0.1, 0.15) is 34.7 Å². The van der Waals surface area contributed by atoms with E-state index in [4.69, 9.17) is 10.5 Å². The molecule has 1 aliphatic heterocycles. The molecule has 2 amide bonds. The first-order valence-corrected chi connectivity index (χ1v) is 11.6. The monoisotopic (exact) mass is 447 g/mol. The van der Waals surface area contributed by atoms with Crippen molar-refractivity contribution in [2.45, 2.75) is 24.8 Å². The molecule has 1 saturated heterocycles. The fraction of sp³-hybridized carbons (Fsp3) is 0.400. The lowest BCUT2D eigenvalue weighted by Crippen LogP contribution is -2.49. The summed E-state index contributed by atoms with van der Waals surface area (Å²) in [6.45, 7) is 5.49. The number of anilines is 1. The maximum absolute atomic E-state index is 13.2. The van der Waals surface area contributed by atoms with Crippen LogP contribution in [0.3, 0.4) is 0 Å². The van der Waals surface area contributed by atoms with Crippen molar-refractivity contribution < 1.29 is 22.7 Å². The number of sulfone groups is 1. The van der Waals surface area contributed by atoms with E-state index in [9.17, 15) is 18.0 Å². The second kappa shape index (κ2) is 8.88. The van der Waals surface area contributed by atoms with Gasteiger partial charge in [0.25, 0.3) is 11.8 Å². The van der Waals surface area contributed by atoms with Crippen LogP contribution in [-0.4, -0.2) is 73.6 Å². The van der Waals surface area contributed by atoms with E-state index in [2.05, 4.69) is 9.97 Å². The molecule has 2 heterocycles. The molecular weight excluding hydrogens is 422 g/mol. The van der Waals surface area contributed by atoms with Gasteiger partial charge in [-0.3, -0.25) is 9.59 Å². The average Bonchev–Trinajstić information content (AvgIpc) is 2.72. The molecular formula is C20H25N5O5S. The van der Waals surface area contributed by atoms with Crippen molar-refractivity contribution in [1.29, 1.82) is 0 Å². The van der Waals surface area contributed by atoms with E-state index in [0.29, 0.717) is 37.7 Å². The molecule has 0 spiro atoms. The summed E-state index contributed by atoms with van der Waals surface area (Å²) in [5.41, 5.74) is 5.48. The summed E-state index contributed by atoms with van der Waals surface area (Å²) in [5, 5.41) is 0. The third-order valence-corrected chi connectivity index (χ3v) is 5.86. The van der Waals surface area contributed by atoms with Crippen LogP contribution in [0.2, 0.25) is 0 Å². The number of carbonyl (C=O) groups is 2. The van der Waals surface area contributed by atoms with Crippen LogP contribution in [0.25, 0.3) is 0 Å². The van der Waals surface area contributed by atoms with Gasteiger partial charge in [-0.1, -0.05) is 0 Å². The molecule has 1 aliphatic rings. The zero-order chi connectivity index (χ0) is 22.8. The molecule has 1 fully saturated rings. The van der Waals surface area contributed by atoms with Gasteiger partial charge in [-0.25, -0.2) is 18.4 Å². The highest BCUT2D eigenvalue weighted by molar-refractivity contribution is 7.90. The van der Waals surface area contributed by atoms with Crippen LogP contribution in [-0.2, 0) is 9.84 Å². The Balaban J connectivity index is 1.77. The molecule has 3 rings (SSSR count). The first kappa shape index (κ1) is 22.5. The molecule has 0 aliphatic carbocycles. The van der Waals surface area contributed by atoms with E-state index in [1.54, 1.807) is 4.90 Å². The van der Waals surface area contributed by atoms with E-state index >= 15 is 0 Å². The summed E-state index contributed by atoms with van der Waals surface area (Å²) in [4.78, 5) is 36.2. The van der Waals surface area contributed by atoms with Gasteiger partial charge in [0.1, 0.15) is 17.3 Å². The fourth-order valence-electron chi connectivity index (χ4n) is 3.18. The molecule has 11 heteroatoms. The van der Waals surface area contributed by atoms with Crippen LogP contribution >= 0.6 is 0 Å². The first-order chi connectivity index (χ1) is 14.6. The van der Waals surface area contributed by atoms with Gasteiger partial charge in [-0.15, -0.1) is 0 Å². The van der Waals surface area contributed by atoms with Gasteiger partial charge >= 0.3 is 0 Å². The SMILES string of the molecule is CC(C)Oc1ccc(S(C)(=O)=O)cc1C(=O)N1CCN(c2cnc(C(N)=O)cn2)CC1. The Labute approximate surface area is 180 Å². The summed E-state index contributed by atoms with van der Waals surface area (Å²) < 4.78 is 29.7. The highest BCUT2D eigenvalue weighted by atomic mass is 32.2. The van der Waals surface area contributed by atoms with Crippen molar-refractivity contribution >= 4 is 27.5 Å². The Morgan fingerprint density at radius 3 is 2.29 bits per heavy atom. The number of piperazine rings is 1. The quantitative estimate of drug-likeness (QED) is 0.684. The standard InChI is InChI=1S/C20H25N5O5S/c1-13(2)30-17-5-4-14(31(3,28)29)10-15(17)20(27)25-8-6-24(7-9-25)18-12-22-16(11-23-18)19(21)26/h4-5,10-13H,6-9H2,1-3H3,(H2,21,26). The largest absolute Gasteiger partial charge is 0.490 e. The highest BCUT2D eigenvalue weighted by Gasteiger charge is 2.26. The Bertz CT molecular complexity index is 1080. The minimum atomic E-state index is -3.47. The van der Waals surface area contributed by atoms with E-state index in [0.717, 1.165) is 6.26 Å². The molecule has 2 N–H and O–H groups in total. The molecule has 0 unspecified atom stereocenters. The minimum Gasteiger partial charge on any atom is -0.490 e. The Kier molecular flexibility index (Phi) is 6.44. The number of nitrogens with zero attached hydrogens (tertiary/aromatic N) is 4. The maximum Gasteiger partial charge on any atom is 0.268 e. The molecule has 0 radical (unpaired) electrons. The van der Waals surface area contributed by atoms with Crippen molar-refractivity contribution in [3.63, 3.8) is 0 Å². The number of amides is 2. The topological polar surface area (TPSA) is 136 Å². The van der Waals surface area contributed by atoms with Crippen molar-refractivity contribution in [3.05, 3.63) is 41.9 Å². The van der Waals surface area contributed by atoms with Gasteiger partial charge < -0.3 is 20.3 Å². The normalized spacial score (nSPS) is 14.6. The van der Waals surface area contributed by atoms with E-state index in [1.807, 2.05) is 18.7 Å². The number of rotatable bonds is 6. The van der Waals surface area contributed by atoms with Gasteiger partial charge in [-0.2, -0.15) is 0 Å². The smallest absolute Gasteiger partial charge is 0.268 e. The molecule has 0 saturated carbocycles. The van der Waals surface area contributed by atoms with Crippen molar-refractivity contribution in [2.24, 2.45) is 5.73 Å². The third kappa shape index (κ3) is 5.29. The lowest BCUT2D eigenvalue weighted by molar-refractivity contribution is 0.0739. The van der Waals surface area contributed by atoms with Crippen molar-refractivity contribution in [3.8, 4) is 5.75 Å². The van der Waals surface area contributed by atoms with Gasteiger partial charge in [0.2, 0.25) is 0 Å². The Morgan fingerprint density at radius 2 is 1.77 bits per heavy atom. The van der Waals surface area contributed by atoms with Crippen LogP contribution in [0.5, 0.6) is 5.75 Å². The first-order valence-electron chi connectivity index (χ1n) is 9.73. The Morgan fingerprint density at radius 1 is 1.10 bits per heavy atom. The zero-order valence-corrected chi connectivity index (χ0v) is 18.4. The maximum atomic E-state index is 13.2. The second-order valence-corrected chi connectivity index (χ2v) is 9.52. The number of primary amides is 1. The zero-order valence-electron chi connectivity index (χ0n) is 17.6. The van der Waals surface area contributed by atoms with Crippen LogP contribution in [0.15, 0.2) is 35.5 Å². The second-order valence-electron chi connectivity index (χ2n) is 7.50. The fourth-order valence-corrected chi connectivity index (χ4v) is 3.83. The number of hydrogen-bond acceptors (Lipinski definition) is 8. The lowest BCUT2D eigenvalue weighted by Gasteiger charge is -2.35. The minimum absolute atomic E-state index is 0.0652. The summed E-state index contributed by atoms with van der Waals surface area (Å²) >= 11 is 0. The molecule has 0 bridgehead atoms. The number of benzene rings is 1. The molecule has 2 aromatic rings. The lowest BCUT2D eigenvalue weighted by atomic mass is 10.1. The summed E-state index contributed by atoms with van der Waals surface area (Å²) in [6.07, 6.45) is 3.72. The van der Waals surface area contributed by atoms with E-state index in [1.165, 1.54) is 30.6 Å². The number of hydrogen-bond donors (Lipinski definition) is 1. The molecule has 1 aromatic heterocycles. The number of aromatic nitrogens is 2. The predicted molar refractivity (Wildman–Crippen MR) is 114 cm³/mol. The van der Waals surface area contributed by atoms with E-state index < -0.39 is 15.7 Å². The Hall–Kier alpha value is -3.21. The molecule has 31 heavy (non-hydrogen) atoms. The van der Waals surface area contributed by atoms with Gasteiger partial charge in [0, 0.05) is 32.4 Å². The number of ether oxygens (including phenoxy) is 1. The number of carbonyl (C=O) groups excluding carboxylic acids is 2. The van der Waals surface area contributed by atoms with Crippen LogP contribution in [0.4, 0.5) is 5.82 Å². The van der Waals surface area contributed by atoms with Crippen LogP contribution < -0.4 is 15.4 Å². The van der Waals surface area contributed by atoms with E-state index in [-0.39, 0.29) is 28.2 Å². The third-order valence-electron chi connectivity index (χ3n) is 4.75. The summed E-state index contributed by atoms with van der Waals surface area (Å²) in [5.74, 6) is -0.0103. The van der Waals surface area contributed by atoms with Gasteiger partial charge in [0.05, 0.1) is 29.0 Å². The van der Waals surface area contributed by atoms with Gasteiger partial charge in [0.15, 0.2) is 9.84 Å². The molecule has 0 atom stereocenters.